The predicted molar refractivity (Wildman–Crippen MR) is 87.8 cm³/mol. The van der Waals surface area contributed by atoms with Crippen molar-refractivity contribution in [2.45, 2.75) is 76.3 Å². The van der Waals surface area contributed by atoms with Gasteiger partial charge in [0.25, 0.3) is 0 Å². The smallest absolute Gasteiger partial charge is 0.354 e. The number of carbonyl (C=O) groups is 3. The molecule has 0 aromatic heterocycles. The van der Waals surface area contributed by atoms with Crippen LogP contribution < -0.4 is 0 Å². The predicted octanol–water partition coefficient (Wildman–Crippen LogP) is -0.168. The van der Waals surface area contributed by atoms with Gasteiger partial charge in [0.15, 0.2) is 0 Å². The van der Waals surface area contributed by atoms with Crippen molar-refractivity contribution in [3.8, 4) is 0 Å². The number of ether oxygens (including phenoxy) is 3. The third-order valence-electron chi connectivity index (χ3n) is 4.32. The molecule has 150 valence electrons. The third kappa shape index (κ3) is 5.15. The highest BCUT2D eigenvalue weighted by molar-refractivity contribution is 5.90. The second-order valence-corrected chi connectivity index (χ2v) is 6.23. The summed E-state index contributed by atoms with van der Waals surface area (Å²) in [6.45, 7) is 1.86. The number of aliphatic hydroxyl groups excluding tert-OH is 3. The molecule has 0 aromatic rings. The molecule has 0 spiro atoms. The first-order valence-corrected chi connectivity index (χ1v) is 8.90. The first-order valence-electron chi connectivity index (χ1n) is 8.90. The summed E-state index contributed by atoms with van der Waals surface area (Å²) in [7, 11) is 0. The van der Waals surface area contributed by atoms with E-state index in [4.69, 9.17) is 14.2 Å². The highest BCUT2D eigenvalue weighted by Gasteiger charge is 2.53. The molecule has 3 N–H and O–H groups in total. The molecule has 0 bridgehead atoms. The molecule has 1 rings (SSSR count). The van der Waals surface area contributed by atoms with Crippen molar-refractivity contribution in [3.05, 3.63) is 0 Å². The fourth-order valence-corrected chi connectivity index (χ4v) is 2.72. The summed E-state index contributed by atoms with van der Waals surface area (Å²) < 4.78 is 15.0. The molecule has 0 radical (unpaired) electrons. The number of carbonyl (C=O) groups excluding carboxylic acids is 3. The van der Waals surface area contributed by atoms with Gasteiger partial charge in [-0.25, -0.2) is 14.4 Å². The van der Waals surface area contributed by atoms with Crippen molar-refractivity contribution in [2.24, 2.45) is 0 Å². The Labute approximate surface area is 152 Å². The van der Waals surface area contributed by atoms with Crippen LogP contribution >= 0.6 is 0 Å². The number of hydrogen-bond donors (Lipinski definition) is 3. The van der Waals surface area contributed by atoms with Gasteiger partial charge < -0.3 is 29.5 Å². The molecular formula is C17H28O9. The first-order chi connectivity index (χ1) is 12.4. The number of esters is 3. The van der Waals surface area contributed by atoms with Crippen molar-refractivity contribution >= 4 is 17.9 Å². The number of rotatable bonds is 9. The van der Waals surface area contributed by atoms with E-state index in [1.165, 1.54) is 0 Å². The van der Waals surface area contributed by atoms with Crippen LogP contribution in [0.3, 0.4) is 0 Å². The molecule has 0 saturated carbocycles. The minimum absolute atomic E-state index is 0.0168. The normalized spacial score (nSPS) is 28.3. The van der Waals surface area contributed by atoms with Gasteiger partial charge in [-0.2, -0.15) is 0 Å². The van der Waals surface area contributed by atoms with E-state index in [0.717, 1.165) is 19.3 Å². The number of aliphatic hydroxyl groups is 3. The molecule has 1 aliphatic heterocycles. The Morgan fingerprint density at radius 2 is 1.58 bits per heavy atom. The van der Waals surface area contributed by atoms with Gasteiger partial charge in [0, 0.05) is 6.42 Å². The first kappa shape index (κ1) is 22.3. The van der Waals surface area contributed by atoms with Crippen LogP contribution in [0.1, 0.15) is 52.4 Å². The molecule has 1 aliphatic rings. The molecule has 9 heteroatoms. The fourth-order valence-electron chi connectivity index (χ4n) is 2.72. The van der Waals surface area contributed by atoms with Crippen molar-refractivity contribution in [1.82, 2.24) is 0 Å². The molecule has 1 fully saturated rings. The average molecular weight is 376 g/mol. The van der Waals surface area contributed by atoms with E-state index in [9.17, 15) is 29.7 Å². The molecule has 0 aliphatic carbocycles. The maximum atomic E-state index is 12.7. The van der Waals surface area contributed by atoms with E-state index in [1.54, 1.807) is 6.92 Å². The van der Waals surface area contributed by atoms with Gasteiger partial charge >= 0.3 is 17.9 Å². The summed E-state index contributed by atoms with van der Waals surface area (Å²) in [5.41, 5.74) is -2.03. The maximum Gasteiger partial charge on any atom is 0.354 e. The molecule has 1 saturated heterocycles. The Hall–Kier alpha value is -1.71. The summed E-state index contributed by atoms with van der Waals surface area (Å²) in [4.78, 5) is 37.0. The molecule has 1 heterocycles. The monoisotopic (exact) mass is 376 g/mol. The van der Waals surface area contributed by atoms with E-state index in [0.29, 0.717) is 6.42 Å². The van der Waals surface area contributed by atoms with Crippen LogP contribution in [0.15, 0.2) is 0 Å². The summed E-state index contributed by atoms with van der Waals surface area (Å²) in [5.74, 6) is -3.45. The number of unbranched alkanes of at least 4 members (excludes halogenated alkanes) is 3. The zero-order valence-electron chi connectivity index (χ0n) is 15.2. The summed E-state index contributed by atoms with van der Waals surface area (Å²) in [6.07, 6.45) is -1.63. The lowest BCUT2D eigenvalue weighted by Gasteiger charge is -2.35. The van der Waals surface area contributed by atoms with Crippen molar-refractivity contribution in [2.75, 3.05) is 13.2 Å². The van der Waals surface area contributed by atoms with Gasteiger partial charge in [-0.05, 0) is 12.8 Å². The van der Waals surface area contributed by atoms with Crippen LogP contribution in [0, 0.1) is 0 Å². The van der Waals surface area contributed by atoms with Crippen molar-refractivity contribution in [3.63, 3.8) is 0 Å². The Bertz CT molecular complexity index is 491. The van der Waals surface area contributed by atoms with Crippen molar-refractivity contribution in [1.29, 1.82) is 0 Å². The van der Waals surface area contributed by atoms with E-state index in [1.807, 2.05) is 6.92 Å². The second-order valence-electron chi connectivity index (χ2n) is 6.23. The second kappa shape index (κ2) is 10.4. The molecule has 0 amide bonds. The molecule has 4 atom stereocenters. The lowest BCUT2D eigenvalue weighted by Crippen LogP contribution is -2.55. The molecule has 9 nitrogen and oxygen atoms in total. The average Bonchev–Trinajstić information content (AvgIpc) is 2.67. The Morgan fingerprint density at radius 3 is 2.12 bits per heavy atom. The minimum Gasteiger partial charge on any atom is -0.445 e. The van der Waals surface area contributed by atoms with Crippen LogP contribution in [0.5, 0.6) is 0 Å². The lowest BCUT2D eigenvalue weighted by atomic mass is 9.88. The number of hydrogen-bond acceptors (Lipinski definition) is 9. The highest BCUT2D eigenvalue weighted by atomic mass is 16.7. The summed E-state index contributed by atoms with van der Waals surface area (Å²) in [6, 6.07) is 0. The van der Waals surface area contributed by atoms with E-state index >= 15 is 0 Å². The Kier molecular flexibility index (Phi) is 8.97. The van der Waals surface area contributed by atoms with Gasteiger partial charge in [-0.15, -0.1) is 0 Å². The fraction of sp³-hybridized carbons (Fsp3) is 0.824. The molecule has 26 heavy (non-hydrogen) atoms. The van der Waals surface area contributed by atoms with Crippen LogP contribution in [0.4, 0.5) is 0 Å². The SMILES string of the molecule is CCCCCCC1(C(O)CC)OC(=O)C(CO)OC(=O)C(CO)OC1=O. The van der Waals surface area contributed by atoms with Gasteiger partial charge in [0.1, 0.15) is 6.10 Å². The van der Waals surface area contributed by atoms with Crippen LogP contribution in [-0.2, 0) is 28.6 Å². The molecular weight excluding hydrogens is 348 g/mol. The van der Waals surface area contributed by atoms with Gasteiger partial charge in [-0.3, -0.25) is 0 Å². The lowest BCUT2D eigenvalue weighted by molar-refractivity contribution is -0.203. The Morgan fingerprint density at radius 1 is 0.962 bits per heavy atom. The van der Waals surface area contributed by atoms with Crippen LogP contribution in [-0.4, -0.2) is 70.4 Å². The summed E-state index contributed by atoms with van der Waals surface area (Å²) >= 11 is 0. The summed E-state index contributed by atoms with van der Waals surface area (Å²) in [5, 5.41) is 29.0. The zero-order chi connectivity index (χ0) is 19.7. The zero-order valence-corrected chi connectivity index (χ0v) is 15.2. The number of cyclic esters (lactones) is 3. The maximum absolute atomic E-state index is 12.7. The van der Waals surface area contributed by atoms with Gasteiger partial charge in [-0.1, -0.05) is 33.1 Å². The van der Waals surface area contributed by atoms with Gasteiger partial charge in [0.2, 0.25) is 17.8 Å². The molecule has 4 unspecified atom stereocenters. The van der Waals surface area contributed by atoms with Gasteiger partial charge in [0.05, 0.1) is 13.2 Å². The van der Waals surface area contributed by atoms with E-state index in [2.05, 4.69) is 0 Å². The molecule has 0 aromatic carbocycles. The van der Waals surface area contributed by atoms with E-state index < -0.39 is 55.0 Å². The van der Waals surface area contributed by atoms with Crippen LogP contribution in [0.25, 0.3) is 0 Å². The highest BCUT2D eigenvalue weighted by Crippen LogP contribution is 2.30. The van der Waals surface area contributed by atoms with Crippen molar-refractivity contribution < 1.29 is 43.9 Å². The standard InChI is InChI=1S/C17H28O9/c1-3-5-6-7-8-17(13(20)4-2)16(23)25-11(9-18)14(21)24-12(10-19)15(22)26-17/h11-13,18-20H,3-10H2,1-2H3. The Balaban J connectivity index is 3.25. The topological polar surface area (TPSA) is 140 Å². The van der Waals surface area contributed by atoms with Crippen LogP contribution in [0.2, 0.25) is 0 Å². The minimum atomic E-state index is -2.03. The third-order valence-corrected chi connectivity index (χ3v) is 4.32. The quantitative estimate of drug-likeness (QED) is 0.284. The van der Waals surface area contributed by atoms with E-state index in [-0.39, 0.29) is 12.8 Å². The largest absolute Gasteiger partial charge is 0.445 e.